The van der Waals surface area contributed by atoms with Gasteiger partial charge in [-0.25, -0.2) is 4.98 Å². The smallest absolute Gasteiger partial charge is 0.416 e. The molecule has 1 atom stereocenters. The van der Waals surface area contributed by atoms with Crippen LogP contribution in [0.25, 0.3) is 11.5 Å². The van der Waals surface area contributed by atoms with Crippen LogP contribution < -0.4 is 14.8 Å². The van der Waals surface area contributed by atoms with E-state index in [0.29, 0.717) is 0 Å². The molecule has 0 radical (unpaired) electrons. The highest BCUT2D eigenvalue weighted by Gasteiger charge is 2.30. The number of nitrogens with zero attached hydrogens (tertiary/aromatic N) is 3. The van der Waals surface area contributed by atoms with Gasteiger partial charge < -0.3 is 19.3 Å². The molecular formula is C22H21F3N4O5. The summed E-state index contributed by atoms with van der Waals surface area (Å²) < 4.78 is 53.9. The predicted octanol–water partition coefficient (Wildman–Crippen LogP) is 4.21. The SMILES string of the molecule is COc1ccnc(C(=O)N[C@@H](C)c2noc(-c3ccc(C(F)(F)F)cc3)n2)c1OC(=O)C(C)C. The number of esters is 1. The van der Waals surface area contributed by atoms with Crippen LogP contribution in [0.1, 0.15) is 48.7 Å². The average Bonchev–Trinajstić information content (AvgIpc) is 3.29. The van der Waals surface area contributed by atoms with E-state index in [2.05, 4.69) is 20.4 Å². The number of methoxy groups -OCH3 is 1. The van der Waals surface area contributed by atoms with Crippen molar-refractivity contribution in [3.8, 4) is 23.0 Å². The van der Waals surface area contributed by atoms with Crippen LogP contribution in [0.15, 0.2) is 41.1 Å². The summed E-state index contributed by atoms with van der Waals surface area (Å²) in [6, 6.07) is 4.88. The van der Waals surface area contributed by atoms with E-state index in [-0.39, 0.29) is 34.5 Å². The third kappa shape index (κ3) is 5.50. The number of carbonyl (C=O) groups is 2. The highest BCUT2D eigenvalue weighted by Crippen LogP contribution is 2.32. The summed E-state index contributed by atoms with van der Waals surface area (Å²) in [6.45, 7) is 4.84. The summed E-state index contributed by atoms with van der Waals surface area (Å²) in [7, 11) is 1.36. The topological polar surface area (TPSA) is 116 Å². The molecule has 0 saturated heterocycles. The van der Waals surface area contributed by atoms with E-state index in [1.807, 2.05) is 0 Å². The molecular weight excluding hydrogens is 457 g/mol. The maximum Gasteiger partial charge on any atom is 0.416 e. The second kappa shape index (κ2) is 9.89. The van der Waals surface area contributed by atoms with E-state index in [1.165, 1.54) is 31.5 Å². The van der Waals surface area contributed by atoms with Gasteiger partial charge in [-0.15, -0.1) is 0 Å². The number of hydrogen-bond acceptors (Lipinski definition) is 8. The molecule has 1 aromatic carbocycles. The average molecular weight is 478 g/mol. The van der Waals surface area contributed by atoms with Crippen molar-refractivity contribution in [2.45, 2.75) is 33.0 Å². The zero-order chi connectivity index (χ0) is 25.0. The number of hydrogen-bond donors (Lipinski definition) is 1. The molecule has 180 valence electrons. The Balaban J connectivity index is 1.78. The van der Waals surface area contributed by atoms with Gasteiger partial charge in [-0.3, -0.25) is 9.59 Å². The maximum atomic E-state index is 12.9. The third-order valence-corrected chi connectivity index (χ3v) is 4.61. The van der Waals surface area contributed by atoms with E-state index in [4.69, 9.17) is 14.0 Å². The van der Waals surface area contributed by atoms with Crippen LogP contribution in [-0.2, 0) is 11.0 Å². The fraction of sp³-hybridized carbons (Fsp3) is 0.318. The molecule has 0 aliphatic heterocycles. The van der Waals surface area contributed by atoms with Crippen molar-refractivity contribution in [3.05, 3.63) is 53.6 Å². The second-order valence-electron chi connectivity index (χ2n) is 7.49. The Bertz CT molecular complexity index is 1180. The van der Waals surface area contributed by atoms with Gasteiger partial charge in [-0.05, 0) is 31.2 Å². The highest BCUT2D eigenvalue weighted by atomic mass is 19.4. The van der Waals surface area contributed by atoms with Crippen LogP contribution in [-0.4, -0.2) is 34.1 Å². The van der Waals surface area contributed by atoms with Gasteiger partial charge in [0, 0.05) is 17.8 Å². The van der Waals surface area contributed by atoms with Crippen molar-refractivity contribution in [1.29, 1.82) is 0 Å². The number of pyridine rings is 1. The Kier molecular flexibility index (Phi) is 7.18. The maximum absolute atomic E-state index is 12.9. The van der Waals surface area contributed by atoms with E-state index < -0.39 is 35.6 Å². The number of aromatic nitrogens is 3. The standard InChI is InChI=1S/C22H21F3N4O5/c1-11(2)21(31)33-17-15(32-4)9-10-26-16(17)19(30)27-12(3)18-28-20(34-29-18)13-5-7-14(8-6-13)22(23,24)25/h5-12H,1-4H3,(H,27,30)/t12-/m0/s1. The highest BCUT2D eigenvalue weighted by molar-refractivity contribution is 5.96. The number of amides is 1. The zero-order valence-electron chi connectivity index (χ0n) is 18.6. The van der Waals surface area contributed by atoms with E-state index >= 15 is 0 Å². The van der Waals surface area contributed by atoms with E-state index in [9.17, 15) is 22.8 Å². The van der Waals surface area contributed by atoms with E-state index in [0.717, 1.165) is 12.1 Å². The number of nitrogens with one attached hydrogen (secondary N) is 1. The summed E-state index contributed by atoms with van der Waals surface area (Å²) in [5.41, 5.74) is -0.717. The summed E-state index contributed by atoms with van der Waals surface area (Å²) in [5.74, 6) is -1.66. The van der Waals surface area contributed by atoms with Crippen LogP contribution in [0.2, 0.25) is 0 Å². The first-order valence-electron chi connectivity index (χ1n) is 10.1. The summed E-state index contributed by atoms with van der Waals surface area (Å²) in [6.07, 6.45) is -3.14. The molecule has 3 aromatic rings. The molecule has 0 saturated carbocycles. The molecule has 0 spiro atoms. The number of benzene rings is 1. The van der Waals surface area contributed by atoms with Crippen molar-refractivity contribution in [1.82, 2.24) is 20.4 Å². The first kappa shape index (κ1) is 24.7. The molecule has 1 N–H and O–H groups in total. The monoisotopic (exact) mass is 478 g/mol. The molecule has 0 aliphatic carbocycles. The van der Waals surface area contributed by atoms with Crippen molar-refractivity contribution in [2.75, 3.05) is 7.11 Å². The van der Waals surface area contributed by atoms with Crippen molar-refractivity contribution >= 4 is 11.9 Å². The summed E-state index contributed by atoms with van der Waals surface area (Å²) in [4.78, 5) is 33.1. The molecule has 0 fully saturated rings. The minimum absolute atomic E-state index is 0.0177. The van der Waals surface area contributed by atoms with Crippen LogP contribution in [0.3, 0.4) is 0 Å². The van der Waals surface area contributed by atoms with Gasteiger partial charge in [0.25, 0.3) is 11.8 Å². The zero-order valence-corrected chi connectivity index (χ0v) is 18.6. The van der Waals surface area contributed by atoms with Crippen LogP contribution >= 0.6 is 0 Å². The number of alkyl halides is 3. The molecule has 0 bridgehead atoms. The fourth-order valence-corrected chi connectivity index (χ4v) is 2.73. The second-order valence-corrected chi connectivity index (χ2v) is 7.49. The summed E-state index contributed by atoms with van der Waals surface area (Å²) in [5, 5.41) is 6.40. The summed E-state index contributed by atoms with van der Waals surface area (Å²) >= 11 is 0. The Morgan fingerprint density at radius 3 is 2.35 bits per heavy atom. The normalized spacial score (nSPS) is 12.4. The fourth-order valence-electron chi connectivity index (χ4n) is 2.73. The molecule has 2 heterocycles. The lowest BCUT2D eigenvalue weighted by molar-refractivity contribution is -0.138. The van der Waals surface area contributed by atoms with Gasteiger partial charge in [0.2, 0.25) is 5.75 Å². The molecule has 12 heteroatoms. The van der Waals surface area contributed by atoms with Crippen LogP contribution in [0.4, 0.5) is 13.2 Å². The Hall–Kier alpha value is -3.96. The lowest BCUT2D eigenvalue weighted by Gasteiger charge is -2.15. The number of ether oxygens (including phenoxy) is 2. The number of carbonyl (C=O) groups excluding carboxylic acids is 2. The van der Waals surface area contributed by atoms with E-state index in [1.54, 1.807) is 20.8 Å². The van der Waals surface area contributed by atoms with Crippen molar-refractivity contribution in [3.63, 3.8) is 0 Å². The van der Waals surface area contributed by atoms with Gasteiger partial charge in [0.05, 0.1) is 24.6 Å². The molecule has 3 rings (SSSR count). The van der Waals surface area contributed by atoms with Crippen molar-refractivity contribution in [2.24, 2.45) is 5.92 Å². The minimum Gasteiger partial charge on any atom is -0.493 e. The number of rotatable bonds is 7. The van der Waals surface area contributed by atoms with Gasteiger partial charge in [0.1, 0.15) is 0 Å². The van der Waals surface area contributed by atoms with Gasteiger partial charge in [0.15, 0.2) is 17.3 Å². The largest absolute Gasteiger partial charge is 0.493 e. The Labute approximate surface area is 192 Å². The lowest BCUT2D eigenvalue weighted by Crippen LogP contribution is -2.29. The van der Waals surface area contributed by atoms with Crippen LogP contribution in [0.5, 0.6) is 11.5 Å². The molecule has 1 amide bonds. The minimum atomic E-state index is -4.46. The third-order valence-electron chi connectivity index (χ3n) is 4.61. The number of halogens is 3. The van der Waals surface area contributed by atoms with Crippen LogP contribution in [0, 0.1) is 5.92 Å². The lowest BCUT2D eigenvalue weighted by atomic mass is 10.1. The Morgan fingerprint density at radius 1 is 1.09 bits per heavy atom. The predicted molar refractivity (Wildman–Crippen MR) is 112 cm³/mol. The molecule has 2 aromatic heterocycles. The molecule has 0 unspecified atom stereocenters. The van der Waals surface area contributed by atoms with Gasteiger partial charge in [-0.2, -0.15) is 18.2 Å². The molecule has 0 aliphatic rings. The Morgan fingerprint density at radius 2 is 1.76 bits per heavy atom. The molecule has 9 nitrogen and oxygen atoms in total. The quantitative estimate of drug-likeness (QED) is 0.502. The first-order valence-corrected chi connectivity index (χ1v) is 10.1. The molecule has 34 heavy (non-hydrogen) atoms. The first-order chi connectivity index (χ1) is 16.0. The van der Waals surface area contributed by atoms with Gasteiger partial charge in [-0.1, -0.05) is 19.0 Å². The van der Waals surface area contributed by atoms with Crippen molar-refractivity contribution < 1.29 is 36.8 Å². The van der Waals surface area contributed by atoms with Gasteiger partial charge >= 0.3 is 12.1 Å².